The lowest BCUT2D eigenvalue weighted by Gasteiger charge is -2.12. The van der Waals surface area contributed by atoms with Crippen molar-refractivity contribution in [2.24, 2.45) is 0 Å². The Balaban J connectivity index is 2.03. The van der Waals surface area contributed by atoms with Crippen LogP contribution in [-0.2, 0) is 16.3 Å². The van der Waals surface area contributed by atoms with Gasteiger partial charge in [0.1, 0.15) is 16.2 Å². The van der Waals surface area contributed by atoms with Gasteiger partial charge < -0.3 is 5.32 Å². The molecular formula is C12H18BrN3O2S. The fraction of sp³-hybridized carbons (Fsp3) is 0.667. The SMILES string of the molecule is CCCc1nc(Br)cc(NCC2CCCS2(=O)=O)n1. The lowest BCUT2D eigenvalue weighted by Crippen LogP contribution is -2.25. The number of sulfone groups is 1. The molecule has 2 heterocycles. The molecule has 19 heavy (non-hydrogen) atoms. The van der Waals surface area contributed by atoms with Crippen molar-refractivity contribution in [1.82, 2.24) is 9.97 Å². The van der Waals surface area contributed by atoms with Crippen molar-refractivity contribution in [3.63, 3.8) is 0 Å². The zero-order chi connectivity index (χ0) is 13.9. The van der Waals surface area contributed by atoms with Crippen LogP contribution in [0, 0.1) is 0 Å². The second kappa shape index (κ2) is 6.17. The second-order valence-electron chi connectivity index (χ2n) is 4.75. The summed E-state index contributed by atoms with van der Waals surface area (Å²) in [6, 6.07) is 1.78. The molecule has 1 N–H and O–H groups in total. The summed E-state index contributed by atoms with van der Waals surface area (Å²) in [5.74, 6) is 1.77. The first kappa shape index (κ1) is 14.7. The molecule has 0 bridgehead atoms. The molecule has 2 rings (SSSR count). The van der Waals surface area contributed by atoms with Gasteiger partial charge in [0.15, 0.2) is 9.84 Å². The summed E-state index contributed by atoms with van der Waals surface area (Å²) in [7, 11) is -2.91. The third-order valence-corrected chi connectivity index (χ3v) is 5.87. The zero-order valence-electron chi connectivity index (χ0n) is 10.9. The minimum absolute atomic E-state index is 0.282. The van der Waals surface area contributed by atoms with Gasteiger partial charge >= 0.3 is 0 Å². The Kier molecular flexibility index (Phi) is 4.78. The van der Waals surface area contributed by atoms with Crippen LogP contribution in [0.3, 0.4) is 0 Å². The molecule has 106 valence electrons. The van der Waals surface area contributed by atoms with Crippen LogP contribution in [0.1, 0.15) is 32.0 Å². The van der Waals surface area contributed by atoms with Gasteiger partial charge in [-0.25, -0.2) is 18.4 Å². The Morgan fingerprint density at radius 3 is 2.89 bits per heavy atom. The number of hydrogen-bond donors (Lipinski definition) is 1. The van der Waals surface area contributed by atoms with Gasteiger partial charge in [-0.15, -0.1) is 0 Å². The van der Waals surface area contributed by atoms with Gasteiger partial charge in [-0.1, -0.05) is 6.92 Å². The van der Waals surface area contributed by atoms with Crippen molar-refractivity contribution in [3.8, 4) is 0 Å². The van der Waals surface area contributed by atoms with E-state index < -0.39 is 9.84 Å². The molecule has 1 saturated heterocycles. The number of halogens is 1. The number of anilines is 1. The molecule has 1 unspecified atom stereocenters. The Labute approximate surface area is 122 Å². The normalized spacial score (nSPS) is 21.5. The van der Waals surface area contributed by atoms with Gasteiger partial charge in [0, 0.05) is 19.0 Å². The fourth-order valence-corrected chi connectivity index (χ4v) is 4.38. The van der Waals surface area contributed by atoms with Crippen LogP contribution in [0.25, 0.3) is 0 Å². The molecule has 0 radical (unpaired) electrons. The molecule has 0 aromatic carbocycles. The summed E-state index contributed by atoms with van der Waals surface area (Å²) < 4.78 is 24.2. The Hall–Kier alpha value is -0.690. The second-order valence-corrected chi connectivity index (χ2v) is 7.97. The van der Waals surface area contributed by atoms with Crippen molar-refractivity contribution in [3.05, 3.63) is 16.5 Å². The van der Waals surface area contributed by atoms with E-state index in [1.165, 1.54) is 0 Å². The quantitative estimate of drug-likeness (QED) is 0.826. The van der Waals surface area contributed by atoms with Gasteiger partial charge in [0.25, 0.3) is 0 Å². The van der Waals surface area contributed by atoms with Crippen LogP contribution in [0.5, 0.6) is 0 Å². The van der Waals surface area contributed by atoms with Gasteiger partial charge in [-0.2, -0.15) is 0 Å². The smallest absolute Gasteiger partial charge is 0.154 e. The predicted molar refractivity (Wildman–Crippen MR) is 79.0 cm³/mol. The maximum atomic E-state index is 11.7. The predicted octanol–water partition coefficient (Wildman–Crippen LogP) is 2.18. The van der Waals surface area contributed by atoms with E-state index in [1.54, 1.807) is 6.07 Å². The number of rotatable bonds is 5. The standard InChI is InChI=1S/C12H18BrN3O2S/c1-2-4-11-15-10(13)7-12(16-11)14-8-9-5-3-6-19(9,17)18/h7,9H,2-6,8H2,1H3,(H,14,15,16). The third kappa shape index (κ3) is 3.89. The minimum atomic E-state index is -2.91. The maximum Gasteiger partial charge on any atom is 0.154 e. The molecule has 0 amide bonds. The number of aromatic nitrogens is 2. The Morgan fingerprint density at radius 1 is 1.47 bits per heavy atom. The van der Waals surface area contributed by atoms with Crippen molar-refractivity contribution in [2.75, 3.05) is 17.6 Å². The lowest BCUT2D eigenvalue weighted by molar-refractivity contribution is 0.591. The topological polar surface area (TPSA) is 72.0 Å². The molecule has 0 saturated carbocycles. The number of nitrogens with zero attached hydrogens (tertiary/aromatic N) is 2. The van der Waals surface area contributed by atoms with E-state index in [2.05, 4.69) is 38.1 Å². The molecule has 1 fully saturated rings. The molecule has 1 aromatic rings. The Bertz CT molecular complexity index is 548. The maximum absolute atomic E-state index is 11.7. The van der Waals surface area contributed by atoms with Crippen molar-refractivity contribution in [2.45, 2.75) is 37.9 Å². The Morgan fingerprint density at radius 2 is 2.26 bits per heavy atom. The molecule has 1 atom stereocenters. The van der Waals surface area contributed by atoms with Crippen LogP contribution in [0.2, 0.25) is 0 Å². The minimum Gasteiger partial charge on any atom is -0.369 e. The first-order valence-corrected chi connectivity index (χ1v) is 9.01. The first-order valence-electron chi connectivity index (χ1n) is 6.50. The van der Waals surface area contributed by atoms with E-state index in [4.69, 9.17) is 0 Å². The molecular weight excluding hydrogens is 330 g/mol. The lowest BCUT2D eigenvalue weighted by atomic mass is 10.2. The number of nitrogens with one attached hydrogen (secondary N) is 1. The van der Waals surface area contributed by atoms with Crippen LogP contribution < -0.4 is 5.32 Å². The fourth-order valence-electron chi connectivity index (χ4n) is 2.20. The number of hydrogen-bond acceptors (Lipinski definition) is 5. The summed E-state index contributed by atoms with van der Waals surface area (Å²) in [4.78, 5) is 8.66. The van der Waals surface area contributed by atoms with Gasteiger partial charge in [-0.05, 0) is 35.2 Å². The van der Waals surface area contributed by atoms with Crippen LogP contribution in [0.15, 0.2) is 10.7 Å². The van der Waals surface area contributed by atoms with Crippen molar-refractivity contribution in [1.29, 1.82) is 0 Å². The van der Waals surface area contributed by atoms with E-state index in [0.29, 0.717) is 18.1 Å². The highest BCUT2D eigenvalue weighted by Gasteiger charge is 2.30. The summed E-state index contributed by atoms with van der Waals surface area (Å²) in [5.41, 5.74) is 0. The van der Waals surface area contributed by atoms with Crippen molar-refractivity contribution >= 4 is 31.6 Å². The van der Waals surface area contributed by atoms with E-state index in [-0.39, 0.29) is 5.25 Å². The summed E-state index contributed by atoms with van der Waals surface area (Å²) in [6.07, 6.45) is 3.30. The van der Waals surface area contributed by atoms with Crippen LogP contribution >= 0.6 is 15.9 Å². The highest BCUT2D eigenvalue weighted by atomic mass is 79.9. The van der Waals surface area contributed by atoms with E-state index >= 15 is 0 Å². The highest BCUT2D eigenvalue weighted by Crippen LogP contribution is 2.21. The van der Waals surface area contributed by atoms with Gasteiger partial charge in [-0.3, -0.25) is 0 Å². The third-order valence-electron chi connectivity index (χ3n) is 3.19. The summed E-state index contributed by atoms with van der Waals surface area (Å²) >= 11 is 3.35. The molecule has 0 spiro atoms. The van der Waals surface area contributed by atoms with E-state index in [0.717, 1.165) is 36.1 Å². The summed E-state index contributed by atoms with van der Waals surface area (Å²) in [5, 5.41) is 2.84. The zero-order valence-corrected chi connectivity index (χ0v) is 13.3. The molecule has 7 heteroatoms. The molecule has 1 aliphatic heterocycles. The molecule has 5 nitrogen and oxygen atoms in total. The van der Waals surface area contributed by atoms with Gasteiger partial charge in [0.2, 0.25) is 0 Å². The number of aryl methyl sites for hydroxylation is 1. The molecule has 0 aliphatic carbocycles. The van der Waals surface area contributed by atoms with E-state index in [9.17, 15) is 8.42 Å². The summed E-state index contributed by atoms with van der Waals surface area (Å²) in [6.45, 7) is 2.50. The van der Waals surface area contributed by atoms with Crippen molar-refractivity contribution < 1.29 is 8.42 Å². The van der Waals surface area contributed by atoms with Gasteiger partial charge in [0.05, 0.1) is 11.0 Å². The molecule has 1 aromatic heterocycles. The highest BCUT2D eigenvalue weighted by molar-refractivity contribution is 9.10. The largest absolute Gasteiger partial charge is 0.369 e. The monoisotopic (exact) mass is 347 g/mol. The first-order chi connectivity index (χ1) is 9.01. The van der Waals surface area contributed by atoms with E-state index in [1.807, 2.05) is 0 Å². The average Bonchev–Trinajstić information content (AvgIpc) is 2.65. The van der Waals surface area contributed by atoms with Crippen LogP contribution in [0.4, 0.5) is 5.82 Å². The van der Waals surface area contributed by atoms with Crippen LogP contribution in [-0.4, -0.2) is 35.9 Å². The molecule has 1 aliphatic rings. The average molecular weight is 348 g/mol.